The lowest BCUT2D eigenvalue weighted by molar-refractivity contribution is 0.221. The summed E-state index contributed by atoms with van der Waals surface area (Å²) in [5.74, 6) is 1.56. The molecule has 0 aromatic heterocycles. The second-order valence-electron chi connectivity index (χ2n) is 5.07. The van der Waals surface area contributed by atoms with Gasteiger partial charge in [-0.1, -0.05) is 39.8 Å². The number of benzene rings is 1. The zero-order valence-corrected chi connectivity index (χ0v) is 12.5. The normalized spacial score (nSPS) is 11.3. The van der Waals surface area contributed by atoms with Gasteiger partial charge in [0.05, 0.1) is 0 Å². The van der Waals surface area contributed by atoms with Crippen LogP contribution in [-0.2, 0) is 0 Å². The maximum absolute atomic E-state index is 5.97. The van der Waals surface area contributed by atoms with E-state index in [1.807, 2.05) is 0 Å². The van der Waals surface area contributed by atoms with Crippen molar-refractivity contribution < 1.29 is 4.74 Å². The summed E-state index contributed by atoms with van der Waals surface area (Å²) in [5.41, 5.74) is 2.57. The minimum atomic E-state index is 0.508. The molecule has 1 aromatic rings. The Morgan fingerprint density at radius 2 is 1.83 bits per heavy atom. The fourth-order valence-electron chi connectivity index (χ4n) is 2.07. The van der Waals surface area contributed by atoms with Crippen molar-refractivity contribution in [1.82, 2.24) is 4.90 Å². The smallest absolute Gasteiger partial charge is 0.123 e. The maximum atomic E-state index is 5.97. The van der Waals surface area contributed by atoms with Crippen LogP contribution >= 0.6 is 0 Å². The van der Waals surface area contributed by atoms with E-state index in [9.17, 15) is 0 Å². The van der Waals surface area contributed by atoms with E-state index < -0.39 is 0 Å². The third-order valence-electron chi connectivity index (χ3n) is 3.35. The molecule has 0 amide bonds. The first kappa shape index (κ1) is 15.0. The van der Waals surface area contributed by atoms with Crippen LogP contribution in [0.15, 0.2) is 18.2 Å². The Morgan fingerprint density at radius 1 is 1.17 bits per heavy atom. The molecular weight excluding hydrogens is 222 g/mol. The Labute approximate surface area is 112 Å². The molecule has 0 N–H and O–H groups in total. The van der Waals surface area contributed by atoms with Gasteiger partial charge in [0.25, 0.3) is 0 Å². The van der Waals surface area contributed by atoms with Gasteiger partial charge in [0.1, 0.15) is 12.4 Å². The van der Waals surface area contributed by atoms with Crippen LogP contribution in [0.25, 0.3) is 0 Å². The maximum Gasteiger partial charge on any atom is 0.123 e. The van der Waals surface area contributed by atoms with Crippen LogP contribution in [0.3, 0.4) is 0 Å². The molecule has 0 fully saturated rings. The molecule has 0 saturated carbocycles. The minimum Gasteiger partial charge on any atom is -0.492 e. The fraction of sp³-hybridized carbons (Fsp3) is 0.625. The highest BCUT2D eigenvalue weighted by molar-refractivity contribution is 5.39. The molecule has 0 saturated heterocycles. The molecule has 2 nitrogen and oxygen atoms in total. The standard InChI is InChI=1S/C16H27NO/c1-6-17(7-2)10-11-18-16-12-14(5)8-9-15(16)13(3)4/h8-9,12-13H,6-7,10-11H2,1-5H3. The average Bonchev–Trinajstić information content (AvgIpc) is 2.34. The average molecular weight is 249 g/mol. The van der Waals surface area contributed by atoms with E-state index in [2.05, 4.69) is 57.7 Å². The van der Waals surface area contributed by atoms with E-state index in [1.165, 1.54) is 11.1 Å². The predicted molar refractivity (Wildman–Crippen MR) is 78.6 cm³/mol. The Hall–Kier alpha value is -1.02. The van der Waals surface area contributed by atoms with Crippen LogP contribution in [0.5, 0.6) is 5.75 Å². The Bertz CT molecular complexity index is 356. The van der Waals surface area contributed by atoms with Gasteiger partial charge in [0, 0.05) is 6.54 Å². The second kappa shape index (κ2) is 7.42. The summed E-state index contributed by atoms with van der Waals surface area (Å²) in [6, 6.07) is 6.50. The highest BCUT2D eigenvalue weighted by Gasteiger charge is 2.08. The van der Waals surface area contributed by atoms with Gasteiger partial charge < -0.3 is 9.64 Å². The molecule has 0 spiro atoms. The highest BCUT2D eigenvalue weighted by atomic mass is 16.5. The molecule has 0 aliphatic heterocycles. The van der Waals surface area contributed by atoms with Crippen molar-refractivity contribution in [3.63, 3.8) is 0 Å². The molecule has 18 heavy (non-hydrogen) atoms. The molecule has 102 valence electrons. The summed E-state index contributed by atoms with van der Waals surface area (Å²) in [7, 11) is 0. The van der Waals surface area contributed by atoms with Crippen molar-refractivity contribution >= 4 is 0 Å². The largest absolute Gasteiger partial charge is 0.492 e. The van der Waals surface area contributed by atoms with Gasteiger partial charge in [0.2, 0.25) is 0 Å². The number of hydrogen-bond donors (Lipinski definition) is 0. The number of likely N-dealkylation sites (N-methyl/N-ethyl adjacent to an activating group) is 1. The molecule has 0 heterocycles. The van der Waals surface area contributed by atoms with E-state index in [4.69, 9.17) is 4.74 Å². The molecule has 0 unspecified atom stereocenters. The number of ether oxygens (including phenoxy) is 1. The van der Waals surface area contributed by atoms with Crippen molar-refractivity contribution in [2.45, 2.75) is 40.5 Å². The van der Waals surface area contributed by atoms with E-state index in [-0.39, 0.29) is 0 Å². The number of aryl methyl sites for hydroxylation is 1. The van der Waals surface area contributed by atoms with Crippen molar-refractivity contribution in [3.05, 3.63) is 29.3 Å². The van der Waals surface area contributed by atoms with Crippen LogP contribution in [0.2, 0.25) is 0 Å². The molecule has 0 bridgehead atoms. The summed E-state index contributed by atoms with van der Waals surface area (Å²) in [6.07, 6.45) is 0. The predicted octanol–water partition coefficient (Wildman–Crippen LogP) is 3.84. The third kappa shape index (κ3) is 4.34. The molecule has 0 aliphatic carbocycles. The van der Waals surface area contributed by atoms with Gasteiger partial charge in [-0.15, -0.1) is 0 Å². The highest BCUT2D eigenvalue weighted by Crippen LogP contribution is 2.27. The molecule has 0 radical (unpaired) electrons. The zero-order chi connectivity index (χ0) is 13.5. The van der Waals surface area contributed by atoms with Crippen LogP contribution in [-0.4, -0.2) is 31.1 Å². The summed E-state index contributed by atoms with van der Waals surface area (Å²) >= 11 is 0. The second-order valence-corrected chi connectivity index (χ2v) is 5.07. The number of rotatable bonds is 7. The van der Waals surface area contributed by atoms with E-state index in [0.717, 1.165) is 32.0 Å². The van der Waals surface area contributed by atoms with Gasteiger partial charge in [-0.2, -0.15) is 0 Å². The SMILES string of the molecule is CCN(CC)CCOc1cc(C)ccc1C(C)C. The van der Waals surface area contributed by atoms with Crippen LogP contribution < -0.4 is 4.74 Å². The Morgan fingerprint density at radius 3 is 2.39 bits per heavy atom. The zero-order valence-electron chi connectivity index (χ0n) is 12.5. The lowest BCUT2D eigenvalue weighted by Crippen LogP contribution is -2.28. The topological polar surface area (TPSA) is 12.5 Å². The van der Waals surface area contributed by atoms with Crippen molar-refractivity contribution in [3.8, 4) is 5.75 Å². The fourth-order valence-corrected chi connectivity index (χ4v) is 2.07. The lowest BCUT2D eigenvalue weighted by atomic mass is 10.0. The van der Waals surface area contributed by atoms with Crippen molar-refractivity contribution in [2.75, 3.05) is 26.2 Å². The van der Waals surface area contributed by atoms with Crippen molar-refractivity contribution in [2.24, 2.45) is 0 Å². The summed E-state index contributed by atoms with van der Waals surface area (Å²) in [4.78, 5) is 2.38. The van der Waals surface area contributed by atoms with Gasteiger partial charge in [-0.05, 0) is 43.1 Å². The van der Waals surface area contributed by atoms with Gasteiger partial charge in [0.15, 0.2) is 0 Å². The van der Waals surface area contributed by atoms with Crippen LogP contribution in [0.1, 0.15) is 44.7 Å². The van der Waals surface area contributed by atoms with Gasteiger partial charge >= 0.3 is 0 Å². The van der Waals surface area contributed by atoms with Gasteiger partial charge in [-0.25, -0.2) is 0 Å². The van der Waals surface area contributed by atoms with Crippen LogP contribution in [0, 0.1) is 6.92 Å². The van der Waals surface area contributed by atoms with Crippen LogP contribution in [0.4, 0.5) is 0 Å². The molecule has 2 heteroatoms. The molecule has 1 rings (SSSR count). The molecule has 0 aliphatic rings. The van der Waals surface area contributed by atoms with E-state index in [0.29, 0.717) is 5.92 Å². The summed E-state index contributed by atoms with van der Waals surface area (Å²) in [5, 5.41) is 0. The first-order valence-electron chi connectivity index (χ1n) is 7.04. The summed E-state index contributed by atoms with van der Waals surface area (Å²) < 4.78 is 5.97. The van der Waals surface area contributed by atoms with Crippen molar-refractivity contribution in [1.29, 1.82) is 0 Å². The summed E-state index contributed by atoms with van der Waals surface area (Å²) in [6.45, 7) is 14.9. The van der Waals surface area contributed by atoms with E-state index >= 15 is 0 Å². The quantitative estimate of drug-likeness (QED) is 0.728. The third-order valence-corrected chi connectivity index (χ3v) is 3.35. The lowest BCUT2D eigenvalue weighted by Gasteiger charge is -2.20. The Balaban J connectivity index is 2.63. The van der Waals surface area contributed by atoms with E-state index in [1.54, 1.807) is 0 Å². The number of hydrogen-bond acceptors (Lipinski definition) is 2. The molecule has 0 atom stereocenters. The molecular formula is C16H27NO. The first-order chi connectivity index (χ1) is 8.58. The number of nitrogens with zero attached hydrogens (tertiary/aromatic N) is 1. The monoisotopic (exact) mass is 249 g/mol. The first-order valence-corrected chi connectivity index (χ1v) is 7.04. The Kier molecular flexibility index (Phi) is 6.20. The molecule has 1 aromatic carbocycles. The van der Waals surface area contributed by atoms with Gasteiger partial charge in [-0.3, -0.25) is 0 Å². The minimum absolute atomic E-state index is 0.508.